The number of nitrogens with zero attached hydrogens (tertiary/aromatic N) is 1. The second-order valence-electron chi connectivity index (χ2n) is 6.47. The van der Waals surface area contributed by atoms with Crippen LogP contribution in [0.25, 0.3) is 0 Å². The van der Waals surface area contributed by atoms with E-state index in [0.29, 0.717) is 5.56 Å². The van der Waals surface area contributed by atoms with Crippen molar-refractivity contribution in [2.45, 2.75) is 13.3 Å². The van der Waals surface area contributed by atoms with Crippen LogP contribution in [0.2, 0.25) is 5.02 Å². The van der Waals surface area contributed by atoms with Crippen LogP contribution in [0.4, 0.5) is 10.1 Å². The third-order valence-electron chi connectivity index (χ3n) is 4.39. The minimum atomic E-state index is -0.765. The predicted molar refractivity (Wildman–Crippen MR) is 100 cm³/mol. The number of phenols is 1. The molecule has 1 aliphatic heterocycles. The number of carbonyl (C=O) groups excluding carboxylic acids is 3. The number of amides is 3. The number of halogens is 2. The molecule has 0 aromatic heterocycles. The molecule has 2 aromatic rings. The predicted octanol–water partition coefficient (Wildman–Crippen LogP) is 2.31. The van der Waals surface area contributed by atoms with Crippen LogP contribution in [0.3, 0.4) is 0 Å². The van der Waals surface area contributed by atoms with Crippen LogP contribution in [-0.2, 0) is 9.59 Å². The first kappa shape index (κ1) is 19.6. The number of anilines is 1. The van der Waals surface area contributed by atoms with Crippen molar-refractivity contribution >= 4 is 35.0 Å². The summed E-state index contributed by atoms with van der Waals surface area (Å²) in [7, 11) is 0. The SMILES string of the molecule is Cc1ccc(N2CC(C(=O)NNC(=O)c3cc(Cl)ccc3O)CC2=O)c(F)c1. The van der Waals surface area contributed by atoms with E-state index in [1.807, 2.05) is 0 Å². The van der Waals surface area contributed by atoms with E-state index < -0.39 is 23.5 Å². The Bertz CT molecular complexity index is 966. The molecular weight excluding hydrogens is 389 g/mol. The first-order valence-corrected chi connectivity index (χ1v) is 8.79. The van der Waals surface area contributed by atoms with Crippen molar-refractivity contribution in [1.82, 2.24) is 10.9 Å². The van der Waals surface area contributed by atoms with E-state index in [1.165, 1.54) is 35.2 Å². The van der Waals surface area contributed by atoms with Crippen LogP contribution in [0.5, 0.6) is 5.75 Å². The molecule has 3 N–H and O–H groups in total. The molecule has 3 rings (SSSR count). The number of phenolic OH excluding ortho intramolecular Hbond substituents is 1. The number of carbonyl (C=O) groups is 3. The molecule has 1 unspecified atom stereocenters. The Balaban J connectivity index is 1.63. The zero-order valence-corrected chi connectivity index (χ0v) is 15.6. The average molecular weight is 406 g/mol. The Labute approximate surface area is 165 Å². The highest BCUT2D eigenvalue weighted by atomic mass is 35.5. The first-order chi connectivity index (χ1) is 13.3. The summed E-state index contributed by atoms with van der Waals surface area (Å²) in [5.41, 5.74) is 5.11. The summed E-state index contributed by atoms with van der Waals surface area (Å²) in [4.78, 5) is 37.8. The van der Waals surface area contributed by atoms with Crippen molar-refractivity contribution in [3.8, 4) is 5.75 Å². The van der Waals surface area contributed by atoms with Gasteiger partial charge in [0.25, 0.3) is 5.91 Å². The molecule has 0 bridgehead atoms. The van der Waals surface area contributed by atoms with Crippen molar-refractivity contribution in [2.24, 2.45) is 5.92 Å². The Morgan fingerprint density at radius 2 is 1.96 bits per heavy atom. The maximum absolute atomic E-state index is 14.1. The molecule has 1 atom stereocenters. The van der Waals surface area contributed by atoms with Crippen LogP contribution >= 0.6 is 11.6 Å². The maximum Gasteiger partial charge on any atom is 0.273 e. The maximum atomic E-state index is 14.1. The van der Waals surface area contributed by atoms with Gasteiger partial charge in [-0.15, -0.1) is 0 Å². The number of nitrogens with one attached hydrogen (secondary N) is 2. The number of hydrazine groups is 1. The van der Waals surface area contributed by atoms with E-state index in [0.717, 1.165) is 0 Å². The van der Waals surface area contributed by atoms with Gasteiger partial charge in [0.05, 0.1) is 17.2 Å². The summed E-state index contributed by atoms with van der Waals surface area (Å²) < 4.78 is 14.1. The molecule has 7 nitrogen and oxygen atoms in total. The summed E-state index contributed by atoms with van der Waals surface area (Å²) in [5, 5.41) is 9.95. The highest BCUT2D eigenvalue weighted by molar-refractivity contribution is 6.31. The fourth-order valence-electron chi connectivity index (χ4n) is 2.92. The van der Waals surface area contributed by atoms with Gasteiger partial charge < -0.3 is 10.0 Å². The number of hydrogen-bond donors (Lipinski definition) is 3. The summed E-state index contributed by atoms with van der Waals surface area (Å²) in [6.07, 6.45) is -0.114. The molecule has 0 saturated carbocycles. The van der Waals surface area contributed by atoms with Crippen molar-refractivity contribution in [1.29, 1.82) is 0 Å². The van der Waals surface area contributed by atoms with Crippen molar-refractivity contribution in [3.05, 3.63) is 58.4 Å². The largest absolute Gasteiger partial charge is 0.507 e. The zero-order valence-electron chi connectivity index (χ0n) is 14.8. The number of aryl methyl sites for hydroxylation is 1. The van der Waals surface area contributed by atoms with Crippen LogP contribution in [0, 0.1) is 18.7 Å². The fraction of sp³-hybridized carbons (Fsp3) is 0.211. The van der Waals surface area contributed by atoms with Gasteiger partial charge in [0.1, 0.15) is 11.6 Å². The van der Waals surface area contributed by atoms with E-state index in [9.17, 15) is 23.9 Å². The highest BCUT2D eigenvalue weighted by Gasteiger charge is 2.36. The quantitative estimate of drug-likeness (QED) is 0.682. The van der Waals surface area contributed by atoms with Gasteiger partial charge in [0, 0.05) is 18.0 Å². The lowest BCUT2D eigenvalue weighted by atomic mass is 10.1. The molecular formula is C19H17ClFN3O4. The molecule has 1 heterocycles. The van der Waals surface area contributed by atoms with E-state index in [4.69, 9.17) is 11.6 Å². The lowest BCUT2D eigenvalue weighted by molar-refractivity contribution is -0.126. The van der Waals surface area contributed by atoms with Gasteiger partial charge in [0.2, 0.25) is 11.8 Å². The molecule has 3 amide bonds. The van der Waals surface area contributed by atoms with E-state index in [-0.39, 0.29) is 40.9 Å². The van der Waals surface area contributed by atoms with Crippen molar-refractivity contribution < 1.29 is 23.9 Å². The summed E-state index contributed by atoms with van der Waals surface area (Å²) in [6.45, 7) is 1.72. The van der Waals surface area contributed by atoms with E-state index >= 15 is 0 Å². The van der Waals surface area contributed by atoms with Gasteiger partial charge in [0.15, 0.2) is 0 Å². The van der Waals surface area contributed by atoms with Crippen LogP contribution in [-0.4, -0.2) is 29.4 Å². The lowest BCUT2D eigenvalue weighted by Gasteiger charge is -2.18. The molecule has 9 heteroatoms. The normalized spacial score (nSPS) is 16.2. The smallest absolute Gasteiger partial charge is 0.273 e. The van der Waals surface area contributed by atoms with Crippen LogP contribution in [0.15, 0.2) is 36.4 Å². The molecule has 146 valence electrons. The van der Waals surface area contributed by atoms with E-state index in [2.05, 4.69) is 10.9 Å². The minimum Gasteiger partial charge on any atom is -0.507 e. The second kappa shape index (κ2) is 7.85. The Morgan fingerprint density at radius 3 is 2.68 bits per heavy atom. The summed E-state index contributed by atoms with van der Waals surface area (Å²) >= 11 is 5.79. The first-order valence-electron chi connectivity index (χ1n) is 8.41. The number of benzene rings is 2. The minimum absolute atomic E-state index is 0.0110. The monoisotopic (exact) mass is 405 g/mol. The third kappa shape index (κ3) is 4.07. The van der Waals surface area contributed by atoms with Gasteiger partial charge in [-0.3, -0.25) is 25.2 Å². The topological polar surface area (TPSA) is 98.7 Å². The Hall–Kier alpha value is -3.13. The lowest BCUT2D eigenvalue weighted by Crippen LogP contribution is -2.45. The van der Waals surface area contributed by atoms with Crippen LogP contribution < -0.4 is 15.8 Å². The summed E-state index contributed by atoms with van der Waals surface area (Å²) in [6, 6.07) is 8.40. The standard InChI is InChI=1S/C19H17ClFN3O4/c1-10-2-4-15(14(21)6-10)24-9-11(7-17(24)26)18(27)22-23-19(28)13-8-12(20)3-5-16(13)25/h2-6,8,11,25H,7,9H2,1H3,(H,22,27)(H,23,28). The Kier molecular flexibility index (Phi) is 5.51. The number of hydrogen-bond acceptors (Lipinski definition) is 4. The number of aromatic hydroxyl groups is 1. The van der Waals surface area contributed by atoms with Crippen molar-refractivity contribution in [2.75, 3.05) is 11.4 Å². The molecule has 2 aromatic carbocycles. The van der Waals surface area contributed by atoms with Gasteiger partial charge in [-0.2, -0.15) is 0 Å². The van der Waals surface area contributed by atoms with Gasteiger partial charge in [-0.1, -0.05) is 17.7 Å². The summed E-state index contributed by atoms with van der Waals surface area (Å²) in [5.74, 6) is -3.35. The third-order valence-corrected chi connectivity index (χ3v) is 4.63. The fourth-order valence-corrected chi connectivity index (χ4v) is 3.10. The molecule has 1 aliphatic rings. The molecule has 1 fully saturated rings. The molecule has 0 radical (unpaired) electrons. The Morgan fingerprint density at radius 1 is 1.21 bits per heavy atom. The van der Waals surface area contributed by atoms with Crippen molar-refractivity contribution in [3.63, 3.8) is 0 Å². The molecule has 0 spiro atoms. The van der Waals surface area contributed by atoms with Gasteiger partial charge in [-0.25, -0.2) is 4.39 Å². The van der Waals surface area contributed by atoms with Crippen LogP contribution in [0.1, 0.15) is 22.3 Å². The average Bonchev–Trinajstić information content (AvgIpc) is 3.03. The molecule has 28 heavy (non-hydrogen) atoms. The second-order valence-corrected chi connectivity index (χ2v) is 6.90. The van der Waals surface area contributed by atoms with Gasteiger partial charge in [-0.05, 0) is 42.8 Å². The number of rotatable bonds is 3. The van der Waals surface area contributed by atoms with Gasteiger partial charge >= 0.3 is 0 Å². The zero-order chi connectivity index (χ0) is 20.4. The molecule has 1 saturated heterocycles. The highest BCUT2D eigenvalue weighted by Crippen LogP contribution is 2.28. The van der Waals surface area contributed by atoms with E-state index in [1.54, 1.807) is 13.0 Å². The molecule has 0 aliphatic carbocycles.